The quantitative estimate of drug-likeness (QED) is 0.652. The van der Waals surface area contributed by atoms with E-state index < -0.39 is 33.1 Å². The molecule has 1 amide bonds. The van der Waals surface area contributed by atoms with Crippen molar-refractivity contribution in [3.05, 3.63) is 71.3 Å². The van der Waals surface area contributed by atoms with Crippen LogP contribution in [0.5, 0.6) is 0 Å². The Morgan fingerprint density at radius 2 is 1.61 bits per heavy atom. The largest absolute Gasteiger partial charge is 0.421 e. The van der Waals surface area contributed by atoms with Crippen LogP contribution in [0.15, 0.2) is 59.5 Å². The Balaban J connectivity index is 2.26. The van der Waals surface area contributed by atoms with E-state index in [9.17, 15) is 31.5 Å². The average Bonchev–Trinajstić information content (AvgIpc) is 2.72. The predicted molar refractivity (Wildman–Crippen MR) is 107 cm³/mol. The van der Waals surface area contributed by atoms with E-state index in [1.54, 1.807) is 6.07 Å². The van der Waals surface area contributed by atoms with Crippen molar-refractivity contribution >= 4 is 21.4 Å². The molecule has 10 heteroatoms. The molecule has 2 N–H and O–H groups in total. The van der Waals surface area contributed by atoms with E-state index in [4.69, 9.17) is 5.26 Å². The highest BCUT2D eigenvalue weighted by molar-refractivity contribution is 7.91. The maximum Gasteiger partial charge on any atom is 0.421 e. The number of hydrogen-bond donors (Lipinski definition) is 2. The van der Waals surface area contributed by atoms with Gasteiger partial charge in [-0.05, 0) is 42.3 Å². The van der Waals surface area contributed by atoms with E-state index in [2.05, 4.69) is 5.32 Å². The van der Waals surface area contributed by atoms with Crippen molar-refractivity contribution in [2.24, 2.45) is 0 Å². The summed E-state index contributed by atoms with van der Waals surface area (Å²) in [5.74, 6) is -0.786. The summed E-state index contributed by atoms with van der Waals surface area (Å²) in [5, 5.41) is 21.2. The van der Waals surface area contributed by atoms with Crippen LogP contribution < -0.4 is 5.32 Å². The standard InChI is InChI=1S/C21H19F3N2O4S/c1-3-31(29,30)17-10-6-14(7-11-17)18(12-13-25)26-19(27)15-4-8-16(9-5-15)20(2,28)21(22,23)24/h4-12,28H,3H2,1-2H3,(H,26,27)/b18-12+. The molecule has 0 aromatic heterocycles. The number of rotatable bonds is 6. The smallest absolute Gasteiger partial charge is 0.376 e. The second-order valence-corrected chi connectivity index (χ2v) is 8.99. The third-order valence-corrected chi connectivity index (χ3v) is 6.37. The molecular weight excluding hydrogens is 433 g/mol. The van der Waals surface area contributed by atoms with Crippen LogP contribution in [0, 0.1) is 11.3 Å². The highest BCUT2D eigenvalue weighted by Crippen LogP contribution is 2.38. The molecule has 0 aliphatic rings. The van der Waals surface area contributed by atoms with Gasteiger partial charge in [0.15, 0.2) is 15.4 Å². The SMILES string of the molecule is CCS(=O)(=O)c1ccc(/C(=C\C#N)NC(=O)c2ccc(C(C)(O)C(F)(F)F)cc2)cc1. The number of hydrogen-bond acceptors (Lipinski definition) is 5. The minimum atomic E-state index is -4.89. The molecule has 2 aromatic rings. The van der Waals surface area contributed by atoms with Crippen molar-refractivity contribution < 1.29 is 31.5 Å². The normalized spacial score (nSPS) is 14.4. The highest BCUT2D eigenvalue weighted by atomic mass is 32.2. The monoisotopic (exact) mass is 452 g/mol. The van der Waals surface area contributed by atoms with Crippen molar-refractivity contribution in [3.63, 3.8) is 0 Å². The maximum atomic E-state index is 12.9. The first-order valence-corrected chi connectivity index (χ1v) is 10.6. The Kier molecular flexibility index (Phi) is 6.93. The molecule has 0 fully saturated rings. The van der Waals surface area contributed by atoms with Gasteiger partial charge in [-0.15, -0.1) is 0 Å². The van der Waals surface area contributed by atoms with Gasteiger partial charge in [0.1, 0.15) is 0 Å². The lowest BCUT2D eigenvalue weighted by atomic mass is 9.94. The molecule has 0 bridgehead atoms. The molecule has 0 saturated carbocycles. The molecule has 0 saturated heterocycles. The second-order valence-electron chi connectivity index (χ2n) is 6.72. The lowest BCUT2D eigenvalue weighted by Crippen LogP contribution is -2.39. The molecule has 2 rings (SSSR count). The van der Waals surface area contributed by atoms with Crippen LogP contribution in [-0.2, 0) is 15.4 Å². The summed E-state index contributed by atoms with van der Waals surface area (Å²) in [6.45, 7) is 2.11. The molecule has 31 heavy (non-hydrogen) atoms. The number of carbonyl (C=O) groups is 1. The van der Waals surface area contributed by atoms with Gasteiger partial charge in [0.2, 0.25) is 0 Å². The number of benzene rings is 2. The number of nitrogens with zero attached hydrogens (tertiary/aromatic N) is 1. The summed E-state index contributed by atoms with van der Waals surface area (Å²) in [6, 6.07) is 11.5. The van der Waals surface area contributed by atoms with Crippen molar-refractivity contribution in [2.45, 2.75) is 30.5 Å². The maximum absolute atomic E-state index is 12.9. The number of nitrogens with one attached hydrogen (secondary N) is 1. The number of halogens is 3. The van der Waals surface area contributed by atoms with Crippen molar-refractivity contribution in [1.82, 2.24) is 5.32 Å². The fourth-order valence-electron chi connectivity index (χ4n) is 2.57. The van der Waals surface area contributed by atoms with Gasteiger partial charge in [0.25, 0.3) is 5.91 Å². The van der Waals surface area contributed by atoms with Crippen LogP contribution in [-0.4, -0.2) is 31.4 Å². The van der Waals surface area contributed by atoms with Crippen LogP contribution in [0.2, 0.25) is 0 Å². The van der Waals surface area contributed by atoms with E-state index in [1.165, 1.54) is 31.2 Å². The average molecular weight is 452 g/mol. The number of amides is 1. The molecule has 6 nitrogen and oxygen atoms in total. The molecule has 0 spiro atoms. The molecule has 0 radical (unpaired) electrons. The number of nitriles is 1. The van der Waals surface area contributed by atoms with Gasteiger partial charge < -0.3 is 10.4 Å². The number of alkyl halides is 3. The zero-order valence-electron chi connectivity index (χ0n) is 16.6. The molecule has 0 heterocycles. The summed E-state index contributed by atoms with van der Waals surface area (Å²) in [7, 11) is -3.42. The van der Waals surface area contributed by atoms with E-state index in [0.717, 1.165) is 30.3 Å². The Bertz CT molecular complexity index is 1130. The zero-order valence-corrected chi connectivity index (χ0v) is 17.4. The van der Waals surface area contributed by atoms with Gasteiger partial charge in [0, 0.05) is 11.6 Å². The molecular formula is C21H19F3N2O4S. The van der Waals surface area contributed by atoms with Gasteiger partial charge in [-0.3, -0.25) is 4.79 Å². The molecule has 164 valence electrons. The first-order valence-electron chi connectivity index (χ1n) is 8.97. The van der Waals surface area contributed by atoms with Gasteiger partial charge in [-0.2, -0.15) is 18.4 Å². The van der Waals surface area contributed by atoms with Crippen LogP contribution in [0.3, 0.4) is 0 Å². The van der Waals surface area contributed by atoms with Crippen LogP contribution in [0.25, 0.3) is 5.70 Å². The lowest BCUT2D eigenvalue weighted by molar-refractivity contribution is -0.258. The molecule has 0 aliphatic heterocycles. The zero-order chi connectivity index (χ0) is 23.4. The summed E-state index contributed by atoms with van der Waals surface area (Å²) in [5.41, 5.74) is -3.07. The number of carbonyl (C=O) groups excluding carboxylic acids is 1. The molecule has 0 aliphatic carbocycles. The summed E-state index contributed by atoms with van der Waals surface area (Å²) in [4.78, 5) is 12.6. The van der Waals surface area contributed by atoms with Gasteiger partial charge in [-0.1, -0.05) is 31.2 Å². The summed E-state index contributed by atoms with van der Waals surface area (Å²) in [6.07, 6.45) is -3.85. The van der Waals surface area contributed by atoms with Gasteiger partial charge >= 0.3 is 6.18 Å². The van der Waals surface area contributed by atoms with E-state index in [0.29, 0.717) is 12.5 Å². The van der Waals surface area contributed by atoms with Gasteiger partial charge in [0.05, 0.1) is 22.4 Å². The third-order valence-electron chi connectivity index (χ3n) is 4.62. The van der Waals surface area contributed by atoms with E-state index >= 15 is 0 Å². The fraction of sp³-hybridized carbons (Fsp3) is 0.238. The molecule has 1 unspecified atom stereocenters. The predicted octanol–water partition coefficient (Wildman–Crippen LogP) is 3.54. The van der Waals surface area contributed by atoms with E-state index in [-0.39, 0.29) is 21.9 Å². The minimum Gasteiger partial charge on any atom is -0.376 e. The highest BCUT2D eigenvalue weighted by Gasteiger charge is 2.51. The Labute approximate surface area is 177 Å². The van der Waals surface area contributed by atoms with Crippen molar-refractivity contribution in [1.29, 1.82) is 5.26 Å². The van der Waals surface area contributed by atoms with Gasteiger partial charge in [-0.25, -0.2) is 8.42 Å². The Morgan fingerprint density at radius 3 is 2.06 bits per heavy atom. The number of aliphatic hydroxyl groups is 1. The number of allylic oxidation sites excluding steroid dienone is 1. The van der Waals surface area contributed by atoms with Crippen LogP contribution in [0.4, 0.5) is 13.2 Å². The topological polar surface area (TPSA) is 107 Å². The minimum absolute atomic E-state index is 0.00394. The summed E-state index contributed by atoms with van der Waals surface area (Å²) < 4.78 is 62.6. The fourth-order valence-corrected chi connectivity index (χ4v) is 3.45. The van der Waals surface area contributed by atoms with E-state index in [1.807, 2.05) is 0 Å². The van der Waals surface area contributed by atoms with Crippen molar-refractivity contribution in [3.8, 4) is 6.07 Å². The number of sulfone groups is 1. The first kappa shape index (κ1) is 24.1. The summed E-state index contributed by atoms with van der Waals surface area (Å²) >= 11 is 0. The Hall–Kier alpha value is -3.16. The molecule has 1 atom stereocenters. The van der Waals surface area contributed by atoms with Crippen molar-refractivity contribution in [2.75, 3.05) is 5.75 Å². The lowest BCUT2D eigenvalue weighted by Gasteiger charge is -2.26. The second kappa shape index (κ2) is 8.91. The van der Waals surface area contributed by atoms with Crippen LogP contribution in [0.1, 0.15) is 35.3 Å². The molecule has 2 aromatic carbocycles. The Morgan fingerprint density at radius 1 is 1.10 bits per heavy atom. The first-order chi connectivity index (χ1) is 14.3. The third kappa shape index (κ3) is 5.31. The van der Waals surface area contributed by atoms with Crippen LogP contribution >= 0.6 is 0 Å².